The van der Waals surface area contributed by atoms with Crippen LogP contribution in [0.4, 0.5) is 0 Å². The summed E-state index contributed by atoms with van der Waals surface area (Å²) in [7, 11) is 0. The molecule has 2 heterocycles. The van der Waals surface area contributed by atoms with E-state index in [9.17, 15) is 20.4 Å². The van der Waals surface area contributed by atoms with Crippen LogP contribution in [0.1, 0.15) is 0 Å². The van der Waals surface area contributed by atoms with Gasteiger partial charge >= 0.3 is 0 Å². The third kappa shape index (κ3) is 4.08. The maximum Gasteiger partial charge on any atom is 0.0989 e. The summed E-state index contributed by atoms with van der Waals surface area (Å²) in [6, 6.07) is 0. The molecule has 8 nitrogen and oxygen atoms in total. The van der Waals surface area contributed by atoms with Crippen molar-refractivity contribution in [3.63, 3.8) is 0 Å². The van der Waals surface area contributed by atoms with E-state index >= 15 is 0 Å². The van der Waals surface area contributed by atoms with Gasteiger partial charge in [0.1, 0.15) is 0 Å². The summed E-state index contributed by atoms with van der Waals surface area (Å²) in [6.45, 7) is 6.67. The largest absolute Gasteiger partial charge is 0.425 e. The third-order valence-corrected chi connectivity index (χ3v) is 5.43. The first-order valence-electron chi connectivity index (χ1n) is 8.84. The average Bonchev–Trinajstić information content (AvgIpc) is 2.62. The highest BCUT2D eigenvalue weighted by molar-refractivity contribution is 5.25. The molecular weight excluding hydrogens is 316 g/mol. The van der Waals surface area contributed by atoms with E-state index in [4.69, 9.17) is 9.47 Å². The number of hydrogen-bond acceptors (Lipinski definition) is 6. The highest BCUT2D eigenvalue weighted by Gasteiger charge is 2.35. The van der Waals surface area contributed by atoms with Gasteiger partial charge in [-0.25, -0.2) is 11.8 Å². The molecule has 3 rings (SSSR count). The highest BCUT2D eigenvalue weighted by atomic mass is 16.5. The molecule has 3 aliphatic rings. The lowest BCUT2D eigenvalue weighted by molar-refractivity contribution is -0.907. The zero-order valence-corrected chi connectivity index (χ0v) is 14.0. The van der Waals surface area contributed by atoms with E-state index in [0.29, 0.717) is 51.4 Å². The minimum atomic E-state index is -1.13. The Morgan fingerprint density at radius 2 is 0.917 bits per heavy atom. The molecule has 140 valence electrons. The molecule has 3 fully saturated rings. The van der Waals surface area contributed by atoms with Crippen molar-refractivity contribution in [3.05, 3.63) is 11.8 Å². The van der Waals surface area contributed by atoms with Crippen molar-refractivity contribution in [2.75, 3.05) is 65.7 Å². The summed E-state index contributed by atoms with van der Waals surface area (Å²) < 4.78 is 10.6. The van der Waals surface area contributed by atoms with Gasteiger partial charge in [0.05, 0.1) is 52.6 Å². The first kappa shape index (κ1) is 18.5. The molecule has 2 aliphatic heterocycles. The van der Waals surface area contributed by atoms with Crippen LogP contribution in [0, 0.1) is 11.8 Å². The molecule has 0 spiro atoms. The Hall–Kier alpha value is -0.320. The van der Waals surface area contributed by atoms with Crippen molar-refractivity contribution >= 4 is 0 Å². The second-order valence-electron chi connectivity index (χ2n) is 7.01. The van der Waals surface area contributed by atoms with E-state index in [1.165, 1.54) is 9.80 Å². The Balaban J connectivity index is 1.61. The highest BCUT2D eigenvalue weighted by Crippen LogP contribution is 2.32. The monoisotopic (exact) mass is 346 g/mol. The Labute approximate surface area is 142 Å². The van der Waals surface area contributed by atoms with Crippen molar-refractivity contribution in [2.24, 2.45) is 0 Å². The molecule has 0 radical (unpaired) electrons. The normalized spacial score (nSPS) is 38.5. The summed E-state index contributed by atoms with van der Waals surface area (Å²) in [5.74, 6) is 0.847. The molecule has 0 aromatic carbocycles. The number of aliphatic hydroxyl groups is 4. The Kier molecular flexibility index (Phi) is 6.44. The molecule has 0 amide bonds. The fraction of sp³-hybridized carbons (Fsp3) is 0.875. The van der Waals surface area contributed by atoms with Crippen LogP contribution in [0.5, 0.6) is 0 Å². The number of quaternary nitrogens is 2. The number of nitrogens with one attached hydrogen (secondary N) is 2. The minimum absolute atomic E-state index is 0.424. The summed E-state index contributed by atoms with van der Waals surface area (Å²) in [6.07, 6.45) is -4.52. The van der Waals surface area contributed by atoms with Gasteiger partial charge in [0.15, 0.2) is 0 Å². The number of morpholine rings is 2. The fourth-order valence-corrected chi connectivity index (χ4v) is 3.83. The van der Waals surface area contributed by atoms with E-state index in [-0.39, 0.29) is 0 Å². The zero-order valence-electron chi connectivity index (χ0n) is 14.0. The molecule has 4 atom stereocenters. The smallest absolute Gasteiger partial charge is 0.0989 e. The Morgan fingerprint density at radius 1 is 0.625 bits per heavy atom. The summed E-state index contributed by atoms with van der Waals surface area (Å²) in [5.41, 5.74) is 0. The zero-order chi connectivity index (χ0) is 17.1. The summed E-state index contributed by atoms with van der Waals surface area (Å²) in [4.78, 5) is 2.38. The molecule has 1 saturated carbocycles. The Morgan fingerprint density at radius 3 is 1.21 bits per heavy atom. The average molecular weight is 346 g/mol. The number of rotatable bonds is 4. The van der Waals surface area contributed by atoms with Crippen LogP contribution >= 0.6 is 0 Å². The molecule has 1 aliphatic carbocycles. The number of ether oxygens (including phenoxy) is 2. The molecule has 0 aromatic heterocycles. The topological polar surface area (TPSA) is 108 Å². The lowest BCUT2D eigenvalue weighted by Gasteiger charge is -2.60. The minimum Gasteiger partial charge on any atom is -0.425 e. The van der Waals surface area contributed by atoms with Gasteiger partial charge in [-0.05, 0) is 13.1 Å². The van der Waals surface area contributed by atoms with E-state index < -0.39 is 24.4 Å². The first-order valence-corrected chi connectivity index (χ1v) is 8.84. The second-order valence-corrected chi connectivity index (χ2v) is 7.01. The number of hydrogen-bond donors (Lipinski definition) is 6. The van der Waals surface area contributed by atoms with Crippen molar-refractivity contribution in [3.8, 4) is 0 Å². The molecule has 2 saturated heterocycles. The molecule has 6 N–H and O–H groups in total. The fourth-order valence-electron chi connectivity index (χ4n) is 3.83. The lowest BCUT2D eigenvalue weighted by Crippen LogP contribution is -3.15. The van der Waals surface area contributed by atoms with Crippen molar-refractivity contribution in [1.82, 2.24) is 0 Å². The molecule has 24 heavy (non-hydrogen) atoms. The predicted molar refractivity (Wildman–Crippen MR) is 83.3 cm³/mol. The quantitative estimate of drug-likeness (QED) is 0.284. The lowest BCUT2D eigenvalue weighted by atomic mass is 9.73. The first-order chi connectivity index (χ1) is 11.6. The molecule has 0 aromatic rings. The SMILES string of the molecule is OC1[C-](C[NH+]2CCOCC2)C(O)C(O)[C-](C[NH+]2CCOCC2)C1O. The molecular formula is C16H30N2O6. The number of aliphatic hydroxyl groups excluding tert-OH is 4. The Bertz CT molecular complexity index is 337. The maximum atomic E-state index is 10.5. The van der Waals surface area contributed by atoms with Gasteiger partial charge in [-0.2, -0.15) is 0 Å². The maximum absolute atomic E-state index is 10.5. The van der Waals surface area contributed by atoms with E-state index in [1.54, 1.807) is 0 Å². The van der Waals surface area contributed by atoms with Crippen LogP contribution in [0.2, 0.25) is 0 Å². The van der Waals surface area contributed by atoms with Gasteiger partial charge in [0.25, 0.3) is 0 Å². The van der Waals surface area contributed by atoms with E-state index in [1.807, 2.05) is 0 Å². The van der Waals surface area contributed by atoms with Gasteiger partial charge in [-0.15, -0.1) is 0 Å². The summed E-state index contributed by atoms with van der Waals surface area (Å²) in [5, 5.41) is 42.0. The molecule has 8 heteroatoms. The van der Waals surface area contributed by atoms with Gasteiger partial charge in [-0.3, -0.25) is 0 Å². The van der Waals surface area contributed by atoms with E-state index in [2.05, 4.69) is 0 Å². The van der Waals surface area contributed by atoms with Crippen molar-refractivity contribution in [1.29, 1.82) is 0 Å². The van der Waals surface area contributed by atoms with Gasteiger partial charge in [-0.1, -0.05) is 24.4 Å². The van der Waals surface area contributed by atoms with Crippen LogP contribution in [-0.2, 0) is 9.47 Å². The molecule has 4 unspecified atom stereocenters. The van der Waals surface area contributed by atoms with Crippen LogP contribution in [0.3, 0.4) is 0 Å². The van der Waals surface area contributed by atoms with Crippen LogP contribution in [-0.4, -0.2) is 111 Å². The summed E-state index contributed by atoms with van der Waals surface area (Å²) >= 11 is 0. The van der Waals surface area contributed by atoms with Crippen molar-refractivity contribution < 1.29 is 39.7 Å². The van der Waals surface area contributed by atoms with E-state index in [0.717, 1.165) is 26.2 Å². The van der Waals surface area contributed by atoms with Crippen LogP contribution in [0.25, 0.3) is 0 Å². The van der Waals surface area contributed by atoms with Crippen LogP contribution < -0.4 is 9.80 Å². The predicted octanol–water partition coefficient (Wildman–Crippen LogP) is -5.58. The van der Waals surface area contributed by atoms with Crippen LogP contribution in [0.15, 0.2) is 0 Å². The van der Waals surface area contributed by atoms with Gasteiger partial charge < -0.3 is 39.7 Å². The third-order valence-electron chi connectivity index (χ3n) is 5.43. The standard InChI is InChI=1S/C16H28N2O6/c19-13-11(9-17-1-5-23-6-2-17)14(20)16(22)12(15(13)21)10-18-3-7-24-8-4-18/h13-16,19-22H,1-10H2/q-2/p+2. The van der Waals surface area contributed by atoms with Crippen molar-refractivity contribution in [2.45, 2.75) is 24.4 Å². The van der Waals surface area contributed by atoms with Gasteiger partial charge in [0, 0.05) is 0 Å². The second kappa shape index (κ2) is 8.37. The van der Waals surface area contributed by atoms with Gasteiger partial charge in [0.2, 0.25) is 0 Å². The molecule has 0 bridgehead atoms.